The van der Waals surface area contributed by atoms with Crippen molar-refractivity contribution in [3.8, 4) is 5.69 Å². The molecule has 1 amide bonds. The fourth-order valence-electron chi connectivity index (χ4n) is 2.79. The molecule has 8 heteroatoms. The van der Waals surface area contributed by atoms with Crippen LogP contribution in [0.3, 0.4) is 0 Å². The lowest BCUT2D eigenvalue weighted by atomic mass is 10.1. The normalized spacial score (nSPS) is 16.7. The molecule has 2 N–H and O–H groups in total. The fourth-order valence-corrected chi connectivity index (χ4v) is 2.97. The van der Waals surface area contributed by atoms with Gasteiger partial charge < -0.3 is 10.6 Å². The third-order valence-electron chi connectivity index (χ3n) is 3.91. The van der Waals surface area contributed by atoms with Crippen LogP contribution in [0.2, 0.25) is 5.02 Å². The number of hydrogen-bond acceptors (Lipinski definition) is 4. The van der Waals surface area contributed by atoms with Crippen molar-refractivity contribution in [3.63, 3.8) is 0 Å². The number of carbonyl (C=O) groups excluding carboxylic acids is 1. The topological polar surface area (TPSA) is 71.8 Å². The first-order valence-corrected chi connectivity index (χ1v) is 8.29. The third-order valence-corrected chi connectivity index (χ3v) is 4.15. The van der Waals surface area contributed by atoms with Crippen molar-refractivity contribution in [1.82, 2.24) is 25.6 Å². The van der Waals surface area contributed by atoms with Gasteiger partial charge in [-0.25, -0.2) is 4.68 Å². The van der Waals surface area contributed by atoms with Crippen molar-refractivity contribution >= 4 is 29.9 Å². The molecule has 1 aromatic heterocycles. The Bertz CT molecular complexity index is 698. The van der Waals surface area contributed by atoms with E-state index in [0.717, 1.165) is 43.7 Å². The van der Waals surface area contributed by atoms with E-state index in [1.807, 2.05) is 24.3 Å². The van der Waals surface area contributed by atoms with E-state index in [-0.39, 0.29) is 24.4 Å². The Morgan fingerprint density at radius 2 is 2.33 bits per heavy atom. The summed E-state index contributed by atoms with van der Waals surface area (Å²) in [6.45, 7) is 3.80. The standard InChI is InChI=1S/C16H20ClN5O.ClH/c1-2-4-14-15(16(23)19-12-7-8-18-10-12)20-21-22(14)13-6-3-5-11(17)9-13;/h3,5-6,9,12,18H,2,4,7-8,10H2,1H3,(H,19,23);1H. The minimum Gasteiger partial charge on any atom is -0.347 e. The predicted octanol–water partition coefficient (Wildman–Crippen LogP) is 2.39. The quantitative estimate of drug-likeness (QED) is 0.848. The van der Waals surface area contributed by atoms with Crippen LogP contribution in [0.1, 0.15) is 35.9 Å². The van der Waals surface area contributed by atoms with Gasteiger partial charge in [0.2, 0.25) is 0 Å². The molecule has 6 nitrogen and oxygen atoms in total. The maximum Gasteiger partial charge on any atom is 0.274 e. The Labute approximate surface area is 152 Å². The number of nitrogens with one attached hydrogen (secondary N) is 2. The largest absolute Gasteiger partial charge is 0.347 e. The van der Waals surface area contributed by atoms with Crippen LogP contribution in [0.4, 0.5) is 0 Å². The molecule has 1 aromatic carbocycles. The summed E-state index contributed by atoms with van der Waals surface area (Å²) in [5, 5.41) is 15.2. The molecule has 1 atom stereocenters. The summed E-state index contributed by atoms with van der Waals surface area (Å²) in [4.78, 5) is 12.5. The van der Waals surface area contributed by atoms with Crippen LogP contribution in [0.25, 0.3) is 5.69 Å². The van der Waals surface area contributed by atoms with Crippen LogP contribution in [-0.4, -0.2) is 40.0 Å². The minimum atomic E-state index is -0.157. The van der Waals surface area contributed by atoms with Crippen LogP contribution in [0.15, 0.2) is 24.3 Å². The van der Waals surface area contributed by atoms with E-state index in [1.165, 1.54) is 0 Å². The van der Waals surface area contributed by atoms with Gasteiger partial charge >= 0.3 is 0 Å². The van der Waals surface area contributed by atoms with Crippen molar-refractivity contribution < 1.29 is 4.79 Å². The Kier molecular flexibility index (Phi) is 6.60. The van der Waals surface area contributed by atoms with E-state index in [0.29, 0.717) is 10.7 Å². The summed E-state index contributed by atoms with van der Waals surface area (Å²) in [5.74, 6) is -0.157. The second kappa shape index (κ2) is 8.46. The Hall–Kier alpha value is -1.63. The maximum atomic E-state index is 12.5. The molecule has 2 heterocycles. The van der Waals surface area contributed by atoms with Crippen molar-refractivity contribution in [2.45, 2.75) is 32.2 Å². The number of benzene rings is 1. The van der Waals surface area contributed by atoms with Crippen LogP contribution >= 0.6 is 24.0 Å². The number of hydrogen-bond donors (Lipinski definition) is 2. The maximum absolute atomic E-state index is 12.5. The molecule has 0 aliphatic carbocycles. The number of amides is 1. The van der Waals surface area contributed by atoms with E-state index < -0.39 is 0 Å². The lowest BCUT2D eigenvalue weighted by Crippen LogP contribution is -2.36. The van der Waals surface area contributed by atoms with Crippen LogP contribution in [-0.2, 0) is 6.42 Å². The molecule has 0 saturated carbocycles. The minimum absolute atomic E-state index is 0. The molecule has 130 valence electrons. The SMILES string of the molecule is CCCc1c(C(=O)NC2CCNC2)nnn1-c1cccc(Cl)c1.Cl. The molecule has 3 rings (SSSR count). The highest BCUT2D eigenvalue weighted by atomic mass is 35.5. The zero-order chi connectivity index (χ0) is 16.2. The molecule has 1 unspecified atom stereocenters. The first kappa shape index (κ1) is 18.7. The van der Waals surface area contributed by atoms with Gasteiger partial charge in [-0.3, -0.25) is 4.79 Å². The van der Waals surface area contributed by atoms with Gasteiger partial charge in [-0.05, 0) is 37.6 Å². The van der Waals surface area contributed by atoms with Crippen LogP contribution in [0.5, 0.6) is 0 Å². The van der Waals surface area contributed by atoms with Gasteiger partial charge in [0.15, 0.2) is 5.69 Å². The molecule has 0 radical (unpaired) electrons. The first-order chi connectivity index (χ1) is 11.2. The Morgan fingerprint density at radius 1 is 1.50 bits per heavy atom. The fraction of sp³-hybridized carbons (Fsp3) is 0.438. The number of carbonyl (C=O) groups is 1. The van der Waals surface area contributed by atoms with Crippen molar-refractivity contribution in [2.24, 2.45) is 0 Å². The highest BCUT2D eigenvalue weighted by Gasteiger charge is 2.23. The molecular formula is C16H21Cl2N5O. The summed E-state index contributed by atoms with van der Waals surface area (Å²) >= 11 is 6.06. The van der Waals surface area contributed by atoms with Gasteiger partial charge in [-0.15, -0.1) is 17.5 Å². The summed E-state index contributed by atoms with van der Waals surface area (Å²) in [7, 11) is 0. The molecule has 0 bridgehead atoms. The molecule has 0 spiro atoms. The van der Waals surface area contributed by atoms with E-state index in [2.05, 4.69) is 27.9 Å². The van der Waals surface area contributed by atoms with E-state index >= 15 is 0 Å². The lowest BCUT2D eigenvalue weighted by Gasteiger charge is -2.11. The highest BCUT2D eigenvalue weighted by Crippen LogP contribution is 2.18. The van der Waals surface area contributed by atoms with Gasteiger partial charge in [0.25, 0.3) is 5.91 Å². The number of nitrogens with zero attached hydrogens (tertiary/aromatic N) is 3. The predicted molar refractivity (Wildman–Crippen MR) is 96.4 cm³/mol. The zero-order valence-electron chi connectivity index (χ0n) is 13.5. The zero-order valence-corrected chi connectivity index (χ0v) is 15.0. The molecular weight excluding hydrogens is 349 g/mol. The number of halogens is 2. The second-order valence-electron chi connectivity index (χ2n) is 5.69. The number of rotatable bonds is 5. The van der Waals surface area contributed by atoms with Crippen LogP contribution < -0.4 is 10.6 Å². The van der Waals surface area contributed by atoms with E-state index in [4.69, 9.17) is 11.6 Å². The summed E-state index contributed by atoms with van der Waals surface area (Å²) in [6, 6.07) is 7.55. The van der Waals surface area contributed by atoms with Gasteiger partial charge in [0.05, 0.1) is 11.4 Å². The van der Waals surface area contributed by atoms with Crippen molar-refractivity contribution in [2.75, 3.05) is 13.1 Å². The molecule has 1 aliphatic heterocycles. The second-order valence-corrected chi connectivity index (χ2v) is 6.13. The monoisotopic (exact) mass is 369 g/mol. The van der Waals surface area contributed by atoms with Gasteiger partial charge in [0.1, 0.15) is 0 Å². The molecule has 24 heavy (non-hydrogen) atoms. The Balaban J connectivity index is 0.00000208. The van der Waals surface area contributed by atoms with Gasteiger partial charge in [0, 0.05) is 17.6 Å². The molecule has 1 saturated heterocycles. The van der Waals surface area contributed by atoms with E-state index in [9.17, 15) is 4.79 Å². The average Bonchev–Trinajstić information content (AvgIpc) is 3.17. The average molecular weight is 370 g/mol. The van der Waals surface area contributed by atoms with Crippen molar-refractivity contribution in [3.05, 3.63) is 40.7 Å². The summed E-state index contributed by atoms with van der Waals surface area (Å²) in [6.07, 6.45) is 2.57. The number of aromatic nitrogens is 3. The van der Waals surface area contributed by atoms with Crippen molar-refractivity contribution in [1.29, 1.82) is 0 Å². The van der Waals surface area contributed by atoms with E-state index in [1.54, 1.807) is 4.68 Å². The summed E-state index contributed by atoms with van der Waals surface area (Å²) in [5.41, 5.74) is 2.03. The molecule has 1 aliphatic rings. The summed E-state index contributed by atoms with van der Waals surface area (Å²) < 4.78 is 1.71. The molecule has 2 aromatic rings. The van der Waals surface area contributed by atoms with Gasteiger partial charge in [-0.2, -0.15) is 0 Å². The smallest absolute Gasteiger partial charge is 0.274 e. The highest BCUT2D eigenvalue weighted by molar-refractivity contribution is 6.30. The van der Waals surface area contributed by atoms with Gasteiger partial charge in [-0.1, -0.05) is 36.2 Å². The first-order valence-electron chi connectivity index (χ1n) is 7.91. The van der Waals surface area contributed by atoms with Crippen LogP contribution in [0, 0.1) is 0 Å². The lowest BCUT2D eigenvalue weighted by molar-refractivity contribution is 0.0934. The third kappa shape index (κ3) is 4.06. The Morgan fingerprint density at radius 3 is 3.00 bits per heavy atom. The molecule has 1 fully saturated rings.